The Morgan fingerprint density at radius 3 is 2.60 bits per heavy atom. The molecule has 2 rings (SSSR count). The highest BCUT2D eigenvalue weighted by molar-refractivity contribution is 5.77. The van der Waals surface area contributed by atoms with Crippen LogP contribution in [0, 0.1) is 5.41 Å². The van der Waals surface area contributed by atoms with Gasteiger partial charge in [-0.1, -0.05) is 19.8 Å². The van der Waals surface area contributed by atoms with Crippen LogP contribution in [0.1, 0.15) is 58.8 Å². The predicted molar refractivity (Wildman–Crippen MR) is 80.4 cm³/mol. The fourth-order valence-electron chi connectivity index (χ4n) is 4.25. The molecule has 2 atom stereocenters. The number of nitrogens with two attached hydrogens (primary N) is 1. The van der Waals surface area contributed by atoms with Crippen LogP contribution in [0.25, 0.3) is 0 Å². The molecule has 2 aliphatic rings. The molecule has 2 N–H and O–H groups in total. The summed E-state index contributed by atoms with van der Waals surface area (Å²) in [5, 5.41) is 0. The summed E-state index contributed by atoms with van der Waals surface area (Å²) in [4.78, 5) is 14.5. The number of carbonyl (C=O) groups is 1. The Hall–Kier alpha value is -0.610. The van der Waals surface area contributed by atoms with E-state index >= 15 is 0 Å². The van der Waals surface area contributed by atoms with E-state index in [0.717, 1.165) is 26.0 Å². The van der Waals surface area contributed by atoms with E-state index in [1.54, 1.807) is 0 Å². The number of carbonyl (C=O) groups excluding carboxylic acids is 1. The number of hydrogen-bond donors (Lipinski definition) is 1. The molecule has 1 amide bonds. The maximum absolute atomic E-state index is 12.4. The van der Waals surface area contributed by atoms with Crippen LogP contribution in [0.15, 0.2) is 0 Å². The Kier molecular flexibility index (Phi) is 5.44. The highest BCUT2D eigenvalue weighted by Crippen LogP contribution is 2.56. The van der Waals surface area contributed by atoms with Crippen LogP contribution in [0.2, 0.25) is 0 Å². The molecule has 2 fully saturated rings. The van der Waals surface area contributed by atoms with E-state index in [4.69, 9.17) is 10.5 Å². The van der Waals surface area contributed by atoms with Gasteiger partial charge in [0.05, 0.1) is 6.10 Å². The summed E-state index contributed by atoms with van der Waals surface area (Å²) in [7, 11) is 0. The minimum Gasteiger partial charge on any atom is -0.378 e. The van der Waals surface area contributed by atoms with Crippen molar-refractivity contribution >= 4 is 5.91 Å². The zero-order valence-electron chi connectivity index (χ0n) is 13.1. The zero-order valence-corrected chi connectivity index (χ0v) is 13.1. The first-order valence-electron chi connectivity index (χ1n) is 8.30. The molecule has 0 heterocycles. The molecular formula is C16H30N2O2. The van der Waals surface area contributed by atoms with Crippen molar-refractivity contribution in [3.05, 3.63) is 0 Å². The lowest BCUT2D eigenvalue weighted by Crippen LogP contribution is -2.65. The number of nitrogens with zero attached hydrogens (tertiary/aromatic N) is 1. The molecule has 2 unspecified atom stereocenters. The molecule has 4 nitrogen and oxygen atoms in total. The summed E-state index contributed by atoms with van der Waals surface area (Å²) in [6.07, 6.45) is 7.88. The van der Waals surface area contributed by atoms with Crippen molar-refractivity contribution in [3.63, 3.8) is 0 Å². The van der Waals surface area contributed by atoms with Crippen LogP contribution in [0.3, 0.4) is 0 Å². The molecular weight excluding hydrogens is 252 g/mol. The van der Waals surface area contributed by atoms with Gasteiger partial charge in [0.15, 0.2) is 0 Å². The standard InChI is InChI=1S/C16H30N2O2/c1-3-11-18(15(19)7-10-17)13-12-14(20-4-2)16(13)8-5-6-9-16/h13-14H,3-12,17H2,1-2H3. The summed E-state index contributed by atoms with van der Waals surface area (Å²) in [6, 6.07) is 0.389. The van der Waals surface area contributed by atoms with Crippen molar-refractivity contribution in [1.82, 2.24) is 4.90 Å². The van der Waals surface area contributed by atoms with Gasteiger partial charge in [-0.05, 0) is 32.6 Å². The van der Waals surface area contributed by atoms with Gasteiger partial charge < -0.3 is 15.4 Å². The van der Waals surface area contributed by atoms with Gasteiger partial charge in [-0.2, -0.15) is 0 Å². The van der Waals surface area contributed by atoms with Gasteiger partial charge in [0.2, 0.25) is 5.91 Å². The maximum atomic E-state index is 12.4. The predicted octanol–water partition coefficient (Wildman–Crippen LogP) is 2.31. The monoisotopic (exact) mass is 282 g/mol. The van der Waals surface area contributed by atoms with Crippen LogP contribution in [0.4, 0.5) is 0 Å². The molecule has 0 aliphatic heterocycles. The first-order chi connectivity index (χ1) is 9.69. The van der Waals surface area contributed by atoms with Crippen LogP contribution >= 0.6 is 0 Å². The van der Waals surface area contributed by atoms with Crippen LogP contribution in [-0.4, -0.2) is 42.6 Å². The fourth-order valence-corrected chi connectivity index (χ4v) is 4.25. The lowest BCUT2D eigenvalue weighted by molar-refractivity contribution is -0.176. The van der Waals surface area contributed by atoms with E-state index < -0.39 is 0 Å². The third kappa shape index (κ3) is 2.73. The maximum Gasteiger partial charge on any atom is 0.224 e. The van der Waals surface area contributed by atoms with Gasteiger partial charge >= 0.3 is 0 Å². The summed E-state index contributed by atoms with van der Waals surface area (Å²) < 4.78 is 5.95. The minimum absolute atomic E-state index is 0.237. The molecule has 0 aromatic rings. The average Bonchev–Trinajstić information content (AvgIpc) is 2.94. The summed E-state index contributed by atoms with van der Waals surface area (Å²) >= 11 is 0. The Bertz CT molecular complexity index is 326. The second-order valence-electron chi connectivity index (χ2n) is 6.26. The number of hydrogen-bond acceptors (Lipinski definition) is 3. The molecule has 0 aromatic heterocycles. The Morgan fingerprint density at radius 1 is 1.35 bits per heavy atom. The lowest BCUT2D eigenvalue weighted by Gasteiger charge is -2.57. The molecule has 2 saturated carbocycles. The van der Waals surface area contributed by atoms with Gasteiger partial charge in [-0.3, -0.25) is 4.79 Å². The topological polar surface area (TPSA) is 55.6 Å². The van der Waals surface area contributed by atoms with Crippen molar-refractivity contribution in [1.29, 1.82) is 0 Å². The molecule has 20 heavy (non-hydrogen) atoms. The summed E-state index contributed by atoms with van der Waals surface area (Å²) in [5.74, 6) is 0.237. The van der Waals surface area contributed by atoms with Crippen LogP contribution < -0.4 is 5.73 Å². The average molecular weight is 282 g/mol. The second-order valence-corrected chi connectivity index (χ2v) is 6.26. The lowest BCUT2D eigenvalue weighted by atomic mass is 9.59. The SMILES string of the molecule is CCCN(C(=O)CCN)C1CC(OCC)C12CCCC2. The fraction of sp³-hybridized carbons (Fsp3) is 0.938. The zero-order chi connectivity index (χ0) is 14.6. The number of amides is 1. The Labute approximate surface area is 123 Å². The smallest absolute Gasteiger partial charge is 0.224 e. The first-order valence-corrected chi connectivity index (χ1v) is 8.30. The van der Waals surface area contributed by atoms with Gasteiger partial charge in [0.1, 0.15) is 0 Å². The van der Waals surface area contributed by atoms with Crippen LogP contribution in [-0.2, 0) is 9.53 Å². The summed E-state index contributed by atoms with van der Waals surface area (Å²) in [5.41, 5.74) is 5.82. The van der Waals surface area contributed by atoms with Gasteiger partial charge in [0, 0.05) is 37.6 Å². The molecule has 2 aliphatic carbocycles. The normalized spacial score (nSPS) is 27.6. The second kappa shape index (κ2) is 6.90. The summed E-state index contributed by atoms with van der Waals surface area (Å²) in [6.45, 7) is 6.31. The van der Waals surface area contributed by atoms with Crippen molar-refractivity contribution < 1.29 is 9.53 Å². The molecule has 1 spiro atoms. The van der Waals surface area contributed by atoms with E-state index in [1.165, 1.54) is 25.7 Å². The van der Waals surface area contributed by atoms with E-state index in [1.807, 2.05) is 0 Å². The first kappa shape index (κ1) is 15.8. The molecule has 116 valence electrons. The third-order valence-corrected chi connectivity index (χ3v) is 5.16. The third-order valence-electron chi connectivity index (χ3n) is 5.16. The molecule has 4 heteroatoms. The van der Waals surface area contributed by atoms with Crippen LogP contribution in [0.5, 0.6) is 0 Å². The molecule has 0 saturated heterocycles. The molecule has 0 aromatic carbocycles. The molecule has 0 radical (unpaired) electrons. The van der Waals surface area contributed by atoms with Crippen molar-refractivity contribution in [3.8, 4) is 0 Å². The molecule has 0 bridgehead atoms. The van der Waals surface area contributed by atoms with Gasteiger partial charge in [0.25, 0.3) is 0 Å². The van der Waals surface area contributed by atoms with Gasteiger partial charge in [-0.15, -0.1) is 0 Å². The highest BCUT2D eigenvalue weighted by Gasteiger charge is 2.59. The van der Waals surface area contributed by atoms with Gasteiger partial charge in [-0.25, -0.2) is 0 Å². The Morgan fingerprint density at radius 2 is 2.05 bits per heavy atom. The van der Waals surface area contributed by atoms with E-state index in [9.17, 15) is 4.79 Å². The van der Waals surface area contributed by atoms with Crippen molar-refractivity contribution in [2.45, 2.75) is 70.9 Å². The van der Waals surface area contributed by atoms with E-state index in [2.05, 4.69) is 18.7 Å². The van der Waals surface area contributed by atoms with E-state index in [0.29, 0.717) is 25.1 Å². The Balaban J connectivity index is 2.10. The van der Waals surface area contributed by atoms with Crippen molar-refractivity contribution in [2.24, 2.45) is 11.1 Å². The minimum atomic E-state index is 0.237. The van der Waals surface area contributed by atoms with E-state index in [-0.39, 0.29) is 11.3 Å². The number of rotatable bonds is 7. The number of ether oxygens (including phenoxy) is 1. The quantitative estimate of drug-likeness (QED) is 0.779. The van der Waals surface area contributed by atoms with Crippen molar-refractivity contribution in [2.75, 3.05) is 19.7 Å². The highest BCUT2D eigenvalue weighted by atomic mass is 16.5. The largest absolute Gasteiger partial charge is 0.378 e.